The molecular formula is C18H21N3O3. The van der Waals surface area contributed by atoms with Crippen molar-refractivity contribution in [3.05, 3.63) is 48.4 Å². The summed E-state index contributed by atoms with van der Waals surface area (Å²) in [7, 11) is 0. The molecule has 24 heavy (non-hydrogen) atoms. The van der Waals surface area contributed by atoms with Crippen molar-refractivity contribution >= 4 is 23.2 Å². The van der Waals surface area contributed by atoms with Crippen molar-refractivity contribution in [2.45, 2.75) is 25.8 Å². The zero-order chi connectivity index (χ0) is 16.9. The van der Waals surface area contributed by atoms with Crippen LogP contribution in [0.15, 0.2) is 47.1 Å². The summed E-state index contributed by atoms with van der Waals surface area (Å²) in [5.41, 5.74) is 1.79. The molecule has 2 heterocycles. The third kappa shape index (κ3) is 3.59. The van der Waals surface area contributed by atoms with Crippen molar-refractivity contribution in [1.82, 2.24) is 5.32 Å². The van der Waals surface area contributed by atoms with Gasteiger partial charge in [0.05, 0.1) is 17.6 Å². The molecule has 0 bridgehead atoms. The van der Waals surface area contributed by atoms with Gasteiger partial charge in [0.1, 0.15) is 6.04 Å². The van der Waals surface area contributed by atoms with Gasteiger partial charge >= 0.3 is 0 Å². The van der Waals surface area contributed by atoms with Crippen LogP contribution in [0, 0.1) is 0 Å². The number of benzene rings is 1. The molecule has 2 amide bonds. The van der Waals surface area contributed by atoms with Gasteiger partial charge in [-0.25, -0.2) is 0 Å². The molecule has 0 unspecified atom stereocenters. The number of amides is 2. The number of furan rings is 1. The summed E-state index contributed by atoms with van der Waals surface area (Å²) in [6, 6.07) is 10.3. The average Bonchev–Trinajstić information content (AvgIpc) is 3.29. The summed E-state index contributed by atoms with van der Waals surface area (Å²) >= 11 is 0. The lowest BCUT2D eigenvalue weighted by molar-refractivity contribution is -0.117. The molecule has 2 aromatic rings. The number of rotatable bonds is 5. The van der Waals surface area contributed by atoms with Gasteiger partial charge in [-0.2, -0.15) is 0 Å². The molecule has 0 aliphatic carbocycles. The van der Waals surface area contributed by atoms with E-state index < -0.39 is 11.9 Å². The molecule has 1 saturated heterocycles. The monoisotopic (exact) mass is 327 g/mol. The lowest BCUT2D eigenvalue weighted by Gasteiger charge is -2.22. The highest BCUT2D eigenvalue weighted by molar-refractivity contribution is 6.01. The first-order valence-corrected chi connectivity index (χ1v) is 8.14. The summed E-state index contributed by atoms with van der Waals surface area (Å²) in [5.74, 6) is -0.482. The largest absolute Gasteiger partial charge is 0.459 e. The first-order valence-electron chi connectivity index (χ1n) is 8.14. The minimum atomic E-state index is -0.672. The van der Waals surface area contributed by atoms with Crippen LogP contribution in [-0.4, -0.2) is 30.9 Å². The van der Waals surface area contributed by atoms with Gasteiger partial charge in [-0.05, 0) is 44.0 Å². The van der Waals surface area contributed by atoms with Gasteiger partial charge in [0.15, 0.2) is 5.76 Å². The van der Waals surface area contributed by atoms with Crippen LogP contribution in [0.25, 0.3) is 0 Å². The molecule has 1 aromatic carbocycles. The van der Waals surface area contributed by atoms with Crippen molar-refractivity contribution in [1.29, 1.82) is 0 Å². The van der Waals surface area contributed by atoms with Crippen LogP contribution in [0.2, 0.25) is 0 Å². The Morgan fingerprint density at radius 3 is 2.58 bits per heavy atom. The Morgan fingerprint density at radius 2 is 1.88 bits per heavy atom. The number of carbonyl (C=O) groups is 2. The molecule has 0 spiro atoms. The van der Waals surface area contributed by atoms with Crippen molar-refractivity contribution in [3.8, 4) is 0 Å². The van der Waals surface area contributed by atoms with Gasteiger partial charge < -0.3 is 20.0 Å². The van der Waals surface area contributed by atoms with Crippen molar-refractivity contribution in [3.63, 3.8) is 0 Å². The topological polar surface area (TPSA) is 74.6 Å². The van der Waals surface area contributed by atoms with Crippen LogP contribution < -0.4 is 15.5 Å². The SMILES string of the molecule is C[C@@H](NC(=O)c1ccco1)C(=O)Nc1ccccc1N1CCCC1. The molecule has 3 rings (SSSR count). The number of hydrogen-bond donors (Lipinski definition) is 2. The number of anilines is 2. The highest BCUT2D eigenvalue weighted by atomic mass is 16.3. The highest BCUT2D eigenvalue weighted by Crippen LogP contribution is 2.28. The third-order valence-electron chi connectivity index (χ3n) is 4.09. The van der Waals surface area contributed by atoms with E-state index in [4.69, 9.17) is 4.42 Å². The molecule has 6 nitrogen and oxygen atoms in total. The fourth-order valence-corrected chi connectivity index (χ4v) is 2.80. The minimum absolute atomic E-state index is 0.187. The Bertz CT molecular complexity index is 706. The molecular weight excluding hydrogens is 306 g/mol. The Kier molecular flexibility index (Phi) is 4.84. The van der Waals surface area contributed by atoms with E-state index in [2.05, 4.69) is 15.5 Å². The smallest absolute Gasteiger partial charge is 0.287 e. The predicted octanol–water partition coefficient (Wildman–Crippen LogP) is 2.64. The molecule has 2 N–H and O–H groups in total. The molecule has 1 aliphatic rings. The minimum Gasteiger partial charge on any atom is -0.459 e. The van der Waals surface area contributed by atoms with Gasteiger partial charge in [-0.15, -0.1) is 0 Å². The van der Waals surface area contributed by atoms with Crippen molar-refractivity contribution in [2.24, 2.45) is 0 Å². The van der Waals surface area contributed by atoms with Crippen LogP contribution in [-0.2, 0) is 4.79 Å². The maximum absolute atomic E-state index is 12.4. The van der Waals surface area contributed by atoms with Crippen LogP contribution in [0.4, 0.5) is 11.4 Å². The summed E-state index contributed by atoms with van der Waals surface area (Å²) in [5, 5.41) is 5.54. The molecule has 126 valence electrons. The van der Waals surface area contributed by atoms with Crippen LogP contribution in [0.1, 0.15) is 30.3 Å². The van der Waals surface area contributed by atoms with Crippen LogP contribution in [0.3, 0.4) is 0 Å². The molecule has 1 aromatic heterocycles. The lowest BCUT2D eigenvalue weighted by atomic mass is 10.2. The van der Waals surface area contributed by atoms with Gasteiger partial charge in [-0.3, -0.25) is 9.59 Å². The second-order valence-electron chi connectivity index (χ2n) is 5.87. The third-order valence-corrected chi connectivity index (χ3v) is 4.09. The zero-order valence-electron chi connectivity index (χ0n) is 13.6. The normalized spacial score (nSPS) is 15.1. The second-order valence-corrected chi connectivity index (χ2v) is 5.87. The standard InChI is InChI=1S/C18H21N3O3/c1-13(19-18(23)16-9-6-12-24-16)17(22)20-14-7-2-3-8-15(14)21-10-4-5-11-21/h2-3,6-9,12-13H,4-5,10-11H2,1H3,(H,19,23)(H,20,22)/t13-/m1/s1. The van der Waals surface area contributed by atoms with E-state index >= 15 is 0 Å². The maximum Gasteiger partial charge on any atom is 0.287 e. The van der Waals surface area contributed by atoms with E-state index in [1.54, 1.807) is 19.1 Å². The van der Waals surface area contributed by atoms with Crippen LogP contribution in [0.5, 0.6) is 0 Å². The van der Waals surface area contributed by atoms with E-state index in [0.717, 1.165) is 37.3 Å². The second kappa shape index (κ2) is 7.21. The Morgan fingerprint density at radius 1 is 1.12 bits per heavy atom. The van der Waals surface area contributed by atoms with E-state index in [-0.39, 0.29) is 11.7 Å². The molecule has 1 aliphatic heterocycles. The molecule has 0 radical (unpaired) electrons. The first kappa shape index (κ1) is 16.1. The summed E-state index contributed by atoms with van der Waals surface area (Å²) in [4.78, 5) is 26.6. The first-order chi connectivity index (χ1) is 11.6. The summed E-state index contributed by atoms with van der Waals surface area (Å²) in [6.07, 6.45) is 3.75. The average molecular weight is 327 g/mol. The lowest BCUT2D eigenvalue weighted by Crippen LogP contribution is -2.41. The maximum atomic E-state index is 12.4. The Labute approximate surface area is 140 Å². The molecule has 1 fully saturated rings. The summed E-state index contributed by atoms with van der Waals surface area (Å²) in [6.45, 7) is 3.64. The zero-order valence-corrected chi connectivity index (χ0v) is 13.6. The van der Waals surface area contributed by atoms with E-state index in [0.29, 0.717) is 0 Å². The van der Waals surface area contributed by atoms with Crippen LogP contribution >= 0.6 is 0 Å². The van der Waals surface area contributed by atoms with Gasteiger partial charge in [0.25, 0.3) is 5.91 Å². The van der Waals surface area contributed by atoms with E-state index in [1.807, 2.05) is 24.3 Å². The van der Waals surface area contributed by atoms with Gasteiger partial charge in [-0.1, -0.05) is 12.1 Å². The van der Waals surface area contributed by atoms with E-state index in [1.165, 1.54) is 6.26 Å². The van der Waals surface area contributed by atoms with Gasteiger partial charge in [0, 0.05) is 13.1 Å². The molecule has 6 heteroatoms. The van der Waals surface area contributed by atoms with Crippen molar-refractivity contribution < 1.29 is 14.0 Å². The van der Waals surface area contributed by atoms with Gasteiger partial charge in [0.2, 0.25) is 5.91 Å². The fourth-order valence-electron chi connectivity index (χ4n) is 2.80. The van der Waals surface area contributed by atoms with Crippen molar-refractivity contribution in [2.75, 3.05) is 23.3 Å². The molecule has 1 atom stereocenters. The Hall–Kier alpha value is -2.76. The fraction of sp³-hybridized carbons (Fsp3) is 0.333. The number of carbonyl (C=O) groups excluding carboxylic acids is 2. The Balaban J connectivity index is 1.65. The quantitative estimate of drug-likeness (QED) is 0.885. The number of nitrogens with one attached hydrogen (secondary N) is 2. The predicted molar refractivity (Wildman–Crippen MR) is 92.2 cm³/mol. The molecule has 0 saturated carbocycles. The number of nitrogens with zero attached hydrogens (tertiary/aromatic N) is 1. The highest BCUT2D eigenvalue weighted by Gasteiger charge is 2.21. The van der Waals surface area contributed by atoms with E-state index in [9.17, 15) is 9.59 Å². The number of para-hydroxylation sites is 2. The summed E-state index contributed by atoms with van der Waals surface area (Å²) < 4.78 is 5.03. The number of hydrogen-bond acceptors (Lipinski definition) is 4.